The van der Waals surface area contributed by atoms with Gasteiger partial charge >= 0.3 is 0 Å². The molecule has 1 aliphatic carbocycles. The quantitative estimate of drug-likeness (QED) is 0.560. The monoisotopic (exact) mass is 215 g/mol. The average molecular weight is 215 g/mol. The first kappa shape index (κ1) is 10.9. The fourth-order valence-electron chi connectivity index (χ4n) is 2.33. The van der Waals surface area contributed by atoms with Crippen LogP contribution < -0.4 is 0 Å². The molecule has 0 fully saturated rings. The summed E-state index contributed by atoms with van der Waals surface area (Å²) in [6, 6.07) is 8.43. The summed E-state index contributed by atoms with van der Waals surface area (Å²) >= 11 is 0. The summed E-state index contributed by atoms with van der Waals surface area (Å²) in [5.41, 5.74) is 3.69. The first-order chi connectivity index (χ1) is 7.86. The maximum Gasteiger partial charge on any atom is 0.106 e. The van der Waals surface area contributed by atoms with Gasteiger partial charge in [-0.05, 0) is 24.8 Å². The second-order valence-electron chi connectivity index (χ2n) is 4.08. The zero-order chi connectivity index (χ0) is 11.4. The molecule has 2 nitrogen and oxygen atoms in total. The summed E-state index contributed by atoms with van der Waals surface area (Å²) in [4.78, 5) is 4.97. The zero-order valence-electron chi connectivity index (χ0n) is 9.65. The van der Waals surface area contributed by atoms with Crippen molar-refractivity contribution in [3.05, 3.63) is 48.0 Å². The van der Waals surface area contributed by atoms with E-state index in [2.05, 4.69) is 36.0 Å². The Hall–Kier alpha value is -1.57. The van der Waals surface area contributed by atoms with Crippen LogP contribution in [0, 0.1) is 5.92 Å². The lowest BCUT2D eigenvalue weighted by molar-refractivity contribution is 0.210. The Morgan fingerprint density at radius 2 is 2.31 bits per heavy atom. The second-order valence-corrected chi connectivity index (χ2v) is 4.08. The standard InChI is InChI=1S/C14H17NO/c1-3-6-12-10-9-11-7-4-5-8-13(11)14(12)15-16-2/h3-5,7-8,12H,1,6,9-10H2,2H3/b15-14+. The van der Waals surface area contributed by atoms with E-state index in [1.54, 1.807) is 7.11 Å². The molecule has 1 aromatic carbocycles. The summed E-state index contributed by atoms with van der Waals surface area (Å²) in [7, 11) is 1.61. The number of aryl methyl sites for hydroxylation is 1. The molecule has 0 heterocycles. The molecule has 16 heavy (non-hydrogen) atoms. The highest BCUT2D eigenvalue weighted by atomic mass is 16.6. The van der Waals surface area contributed by atoms with Gasteiger partial charge in [-0.25, -0.2) is 0 Å². The minimum atomic E-state index is 0.451. The third kappa shape index (κ3) is 2.01. The van der Waals surface area contributed by atoms with Gasteiger partial charge in [-0.2, -0.15) is 0 Å². The summed E-state index contributed by atoms with van der Waals surface area (Å²) < 4.78 is 0. The van der Waals surface area contributed by atoms with E-state index in [1.807, 2.05) is 6.08 Å². The molecular formula is C14H17NO. The Bertz CT molecular complexity index is 409. The molecular weight excluding hydrogens is 198 g/mol. The van der Waals surface area contributed by atoms with Crippen molar-refractivity contribution in [1.82, 2.24) is 0 Å². The maximum absolute atomic E-state index is 4.97. The third-order valence-electron chi connectivity index (χ3n) is 3.08. The lowest BCUT2D eigenvalue weighted by Gasteiger charge is -2.25. The van der Waals surface area contributed by atoms with Crippen LogP contribution in [0.2, 0.25) is 0 Å². The highest BCUT2D eigenvalue weighted by molar-refractivity contribution is 6.04. The van der Waals surface area contributed by atoms with Gasteiger partial charge in [0.25, 0.3) is 0 Å². The minimum Gasteiger partial charge on any atom is -0.399 e. The summed E-state index contributed by atoms with van der Waals surface area (Å²) in [6.45, 7) is 3.81. The van der Waals surface area contributed by atoms with Crippen molar-refractivity contribution in [3.8, 4) is 0 Å². The van der Waals surface area contributed by atoms with Crippen molar-refractivity contribution in [2.24, 2.45) is 11.1 Å². The number of fused-ring (bicyclic) bond motifs is 1. The Labute approximate surface area is 96.6 Å². The van der Waals surface area contributed by atoms with Crippen molar-refractivity contribution in [2.75, 3.05) is 7.11 Å². The number of allylic oxidation sites excluding steroid dienone is 1. The van der Waals surface area contributed by atoms with Gasteiger partial charge in [0.15, 0.2) is 0 Å². The van der Waals surface area contributed by atoms with Crippen LogP contribution in [0.25, 0.3) is 0 Å². The molecule has 0 bridgehead atoms. The van der Waals surface area contributed by atoms with E-state index in [0.717, 1.165) is 25.0 Å². The number of hydrogen-bond acceptors (Lipinski definition) is 2. The molecule has 2 heteroatoms. The molecule has 0 aromatic heterocycles. The molecule has 1 aliphatic rings. The highest BCUT2D eigenvalue weighted by Crippen LogP contribution is 2.28. The predicted molar refractivity (Wildman–Crippen MR) is 66.6 cm³/mol. The van der Waals surface area contributed by atoms with E-state index in [4.69, 9.17) is 4.84 Å². The van der Waals surface area contributed by atoms with Crippen molar-refractivity contribution >= 4 is 5.71 Å². The molecule has 84 valence electrons. The zero-order valence-corrected chi connectivity index (χ0v) is 9.65. The Morgan fingerprint density at radius 1 is 1.50 bits per heavy atom. The molecule has 0 radical (unpaired) electrons. The Morgan fingerprint density at radius 3 is 3.06 bits per heavy atom. The van der Waals surface area contributed by atoms with Gasteiger partial charge in [0.2, 0.25) is 0 Å². The first-order valence-electron chi connectivity index (χ1n) is 5.67. The van der Waals surface area contributed by atoms with Gasteiger partial charge in [0.1, 0.15) is 7.11 Å². The summed E-state index contributed by atoms with van der Waals surface area (Å²) in [5, 5.41) is 4.19. The highest BCUT2D eigenvalue weighted by Gasteiger charge is 2.24. The Balaban J connectivity index is 2.39. The summed E-state index contributed by atoms with van der Waals surface area (Å²) in [6.07, 6.45) is 5.18. The van der Waals surface area contributed by atoms with E-state index in [9.17, 15) is 0 Å². The third-order valence-corrected chi connectivity index (χ3v) is 3.08. The van der Waals surface area contributed by atoms with Crippen LogP contribution in [0.1, 0.15) is 24.0 Å². The number of nitrogens with zero attached hydrogens (tertiary/aromatic N) is 1. The van der Waals surface area contributed by atoms with E-state index in [0.29, 0.717) is 5.92 Å². The second kappa shape index (κ2) is 4.97. The molecule has 0 saturated heterocycles. The van der Waals surface area contributed by atoms with Gasteiger partial charge in [0.05, 0.1) is 5.71 Å². The van der Waals surface area contributed by atoms with Crippen LogP contribution in [-0.4, -0.2) is 12.8 Å². The predicted octanol–water partition coefficient (Wildman–Crippen LogP) is 3.18. The number of oxime groups is 1. The molecule has 0 saturated carbocycles. The number of benzene rings is 1. The fraction of sp³-hybridized carbons (Fsp3) is 0.357. The van der Waals surface area contributed by atoms with Crippen LogP contribution in [0.3, 0.4) is 0 Å². The Kier molecular flexibility index (Phi) is 3.40. The molecule has 0 amide bonds. The van der Waals surface area contributed by atoms with Crippen molar-refractivity contribution < 1.29 is 4.84 Å². The lowest BCUT2D eigenvalue weighted by atomic mass is 9.80. The van der Waals surface area contributed by atoms with Crippen molar-refractivity contribution in [3.63, 3.8) is 0 Å². The van der Waals surface area contributed by atoms with Gasteiger partial charge in [-0.1, -0.05) is 35.5 Å². The van der Waals surface area contributed by atoms with Gasteiger partial charge in [-0.3, -0.25) is 0 Å². The first-order valence-corrected chi connectivity index (χ1v) is 5.67. The average Bonchev–Trinajstić information content (AvgIpc) is 2.32. The number of rotatable bonds is 3. The molecule has 0 aliphatic heterocycles. The molecule has 1 atom stereocenters. The molecule has 0 N–H and O–H groups in total. The van der Waals surface area contributed by atoms with Crippen molar-refractivity contribution in [2.45, 2.75) is 19.3 Å². The largest absolute Gasteiger partial charge is 0.399 e. The molecule has 1 aromatic rings. The van der Waals surface area contributed by atoms with Crippen LogP contribution in [0.4, 0.5) is 0 Å². The van der Waals surface area contributed by atoms with Crippen molar-refractivity contribution in [1.29, 1.82) is 0 Å². The van der Waals surface area contributed by atoms with Crippen LogP contribution in [0.15, 0.2) is 42.1 Å². The molecule has 1 unspecified atom stereocenters. The van der Waals surface area contributed by atoms with Gasteiger partial charge < -0.3 is 4.84 Å². The SMILES string of the molecule is C=CCC1CCc2ccccc2/C1=N/OC. The van der Waals surface area contributed by atoms with E-state index < -0.39 is 0 Å². The number of hydrogen-bond donors (Lipinski definition) is 0. The van der Waals surface area contributed by atoms with Gasteiger partial charge in [0, 0.05) is 11.5 Å². The van der Waals surface area contributed by atoms with E-state index >= 15 is 0 Å². The maximum atomic E-state index is 4.97. The lowest BCUT2D eigenvalue weighted by Crippen LogP contribution is -2.23. The molecule has 2 rings (SSSR count). The smallest absolute Gasteiger partial charge is 0.106 e. The van der Waals surface area contributed by atoms with E-state index in [-0.39, 0.29) is 0 Å². The van der Waals surface area contributed by atoms with Gasteiger partial charge in [-0.15, -0.1) is 6.58 Å². The topological polar surface area (TPSA) is 21.6 Å². The normalized spacial score (nSPS) is 21.6. The van der Waals surface area contributed by atoms with Crippen LogP contribution in [-0.2, 0) is 11.3 Å². The van der Waals surface area contributed by atoms with Crippen LogP contribution in [0.5, 0.6) is 0 Å². The van der Waals surface area contributed by atoms with Crippen LogP contribution >= 0.6 is 0 Å². The van der Waals surface area contributed by atoms with E-state index in [1.165, 1.54) is 11.1 Å². The summed E-state index contributed by atoms with van der Waals surface area (Å²) in [5.74, 6) is 0.451. The molecule has 0 spiro atoms. The fourth-order valence-corrected chi connectivity index (χ4v) is 2.33. The minimum absolute atomic E-state index is 0.451.